The van der Waals surface area contributed by atoms with E-state index in [0.717, 1.165) is 30.8 Å². The zero-order chi connectivity index (χ0) is 11.8. The molecule has 1 aromatic rings. The first-order valence-corrected chi connectivity index (χ1v) is 6.19. The number of benzene rings is 1. The van der Waals surface area contributed by atoms with Crippen LogP contribution in [0.2, 0.25) is 5.02 Å². The van der Waals surface area contributed by atoms with Crippen molar-refractivity contribution in [2.24, 2.45) is 0 Å². The molecule has 88 valence electrons. The van der Waals surface area contributed by atoms with E-state index in [4.69, 9.17) is 11.6 Å². The number of hydrogen-bond donors (Lipinski definition) is 1. The van der Waals surface area contributed by atoms with E-state index in [9.17, 15) is 0 Å². The second-order valence-electron chi connectivity index (χ2n) is 4.10. The molecule has 0 bridgehead atoms. The van der Waals surface area contributed by atoms with Crippen molar-refractivity contribution in [3.63, 3.8) is 0 Å². The summed E-state index contributed by atoms with van der Waals surface area (Å²) in [4.78, 5) is 0. The fourth-order valence-electron chi connectivity index (χ4n) is 1.58. The van der Waals surface area contributed by atoms with E-state index in [2.05, 4.69) is 31.0 Å². The zero-order valence-corrected chi connectivity index (χ0v) is 10.6. The monoisotopic (exact) mass is 237 g/mol. The first-order chi connectivity index (χ1) is 7.72. The Hall–Kier alpha value is -0.790. The third-order valence-corrected chi connectivity index (χ3v) is 2.88. The van der Waals surface area contributed by atoms with Crippen LogP contribution in [0.4, 0.5) is 0 Å². The van der Waals surface area contributed by atoms with Crippen LogP contribution in [0.5, 0.6) is 0 Å². The molecule has 1 nitrogen and oxygen atoms in total. The van der Waals surface area contributed by atoms with Crippen LogP contribution < -0.4 is 5.32 Å². The summed E-state index contributed by atoms with van der Waals surface area (Å²) in [6.07, 6.45) is 5.26. The topological polar surface area (TPSA) is 12.0 Å². The molecular weight excluding hydrogens is 218 g/mol. The van der Waals surface area contributed by atoms with Crippen LogP contribution in [-0.2, 0) is 6.42 Å². The summed E-state index contributed by atoms with van der Waals surface area (Å²) in [5.74, 6) is 0. The van der Waals surface area contributed by atoms with Crippen molar-refractivity contribution in [2.45, 2.75) is 32.2 Å². The minimum absolute atomic E-state index is 0.560. The van der Waals surface area contributed by atoms with Crippen LogP contribution in [-0.4, -0.2) is 12.6 Å². The summed E-state index contributed by atoms with van der Waals surface area (Å²) in [6.45, 7) is 6.96. The lowest BCUT2D eigenvalue weighted by Gasteiger charge is -2.12. The molecule has 0 saturated carbocycles. The van der Waals surface area contributed by atoms with Crippen molar-refractivity contribution in [1.29, 1.82) is 0 Å². The maximum absolute atomic E-state index is 5.83. The van der Waals surface area contributed by atoms with E-state index in [0.29, 0.717) is 6.04 Å². The van der Waals surface area contributed by atoms with E-state index in [1.807, 2.05) is 18.2 Å². The van der Waals surface area contributed by atoms with Gasteiger partial charge in [-0.25, -0.2) is 0 Å². The SMILES string of the molecule is C=CCCC(C)NCCc1ccc(Cl)cc1. The predicted octanol–water partition coefficient (Wildman–Crippen LogP) is 3.83. The molecule has 1 atom stereocenters. The summed E-state index contributed by atoms with van der Waals surface area (Å²) < 4.78 is 0. The maximum Gasteiger partial charge on any atom is 0.0406 e. The number of rotatable bonds is 7. The standard InChI is InChI=1S/C14H20ClN/c1-3-4-5-12(2)16-11-10-13-6-8-14(15)9-7-13/h3,6-9,12,16H,1,4-5,10-11H2,2H3. The number of hydrogen-bond acceptors (Lipinski definition) is 1. The van der Waals surface area contributed by atoms with Gasteiger partial charge in [0.05, 0.1) is 0 Å². The lowest BCUT2D eigenvalue weighted by Crippen LogP contribution is -2.27. The largest absolute Gasteiger partial charge is 0.314 e. The summed E-state index contributed by atoms with van der Waals surface area (Å²) in [5, 5.41) is 4.30. The first-order valence-electron chi connectivity index (χ1n) is 5.81. The Morgan fingerprint density at radius 1 is 1.38 bits per heavy atom. The van der Waals surface area contributed by atoms with Crippen LogP contribution in [0.15, 0.2) is 36.9 Å². The smallest absolute Gasteiger partial charge is 0.0406 e. The molecule has 0 amide bonds. The average molecular weight is 238 g/mol. The quantitative estimate of drug-likeness (QED) is 0.711. The lowest BCUT2D eigenvalue weighted by atomic mass is 10.1. The molecule has 16 heavy (non-hydrogen) atoms. The summed E-state index contributed by atoms with van der Waals surface area (Å²) in [6, 6.07) is 8.61. The highest BCUT2D eigenvalue weighted by molar-refractivity contribution is 6.30. The Kier molecular flexibility index (Phi) is 6.20. The normalized spacial score (nSPS) is 12.4. The van der Waals surface area contributed by atoms with Gasteiger partial charge in [0.25, 0.3) is 0 Å². The summed E-state index contributed by atoms with van der Waals surface area (Å²) in [7, 11) is 0. The van der Waals surface area contributed by atoms with Gasteiger partial charge in [0.2, 0.25) is 0 Å². The molecule has 0 heterocycles. The van der Waals surface area contributed by atoms with Gasteiger partial charge in [-0.2, -0.15) is 0 Å². The van der Waals surface area contributed by atoms with E-state index in [-0.39, 0.29) is 0 Å². The van der Waals surface area contributed by atoms with Gasteiger partial charge in [-0.3, -0.25) is 0 Å². The third-order valence-electron chi connectivity index (χ3n) is 2.62. The van der Waals surface area contributed by atoms with Gasteiger partial charge in [-0.05, 0) is 50.4 Å². The number of allylic oxidation sites excluding steroid dienone is 1. The molecule has 1 rings (SSSR count). The molecule has 1 N–H and O–H groups in total. The van der Waals surface area contributed by atoms with Crippen LogP contribution >= 0.6 is 11.6 Å². The molecular formula is C14H20ClN. The van der Waals surface area contributed by atoms with Gasteiger partial charge in [0.1, 0.15) is 0 Å². The van der Waals surface area contributed by atoms with Gasteiger partial charge in [0, 0.05) is 11.1 Å². The molecule has 1 unspecified atom stereocenters. The number of halogens is 1. The fraction of sp³-hybridized carbons (Fsp3) is 0.429. The van der Waals surface area contributed by atoms with Crippen molar-refractivity contribution < 1.29 is 0 Å². The van der Waals surface area contributed by atoms with Crippen molar-refractivity contribution in [3.05, 3.63) is 47.5 Å². The summed E-state index contributed by atoms with van der Waals surface area (Å²) >= 11 is 5.83. The molecule has 0 spiro atoms. The molecule has 2 heteroatoms. The minimum atomic E-state index is 0.560. The van der Waals surface area contributed by atoms with Crippen molar-refractivity contribution in [3.8, 4) is 0 Å². The second kappa shape index (κ2) is 7.48. The number of nitrogens with one attached hydrogen (secondary N) is 1. The molecule has 0 aliphatic rings. The van der Waals surface area contributed by atoms with Crippen LogP contribution in [0.3, 0.4) is 0 Å². The molecule has 0 aliphatic heterocycles. The Balaban J connectivity index is 2.19. The summed E-state index contributed by atoms with van der Waals surface area (Å²) in [5.41, 5.74) is 1.33. The van der Waals surface area contributed by atoms with E-state index < -0.39 is 0 Å². The molecule has 0 fully saturated rings. The van der Waals surface area contributed by atoms with Crippen molar-refractivity contribution in [1.82, 2.24) is 5.32 Å². The fourth-order valence-corrected chi connectivity index (χ4v) is 1.71. The van der Waals surface area contributed by atoms with E-state index in [1.165, 1.54) is 5.56 Å². The van der Waals surface area contributed by atoms with Crippen molar-refractivity contribution >= 4 is 11.6 Å². The Morgan fingerprint density at radius 3 is 2.69 bits per heavy atom. The second-order valence-corrected chi connectivity index (χ2v) is 4.53. The highest BCUT2D eigenvalue weighted by atomic mass is 35.5. The maximum atomic E-state index is 5.83. The van der Waals surface area contributed by atoms with Crippen LogP contribution in [0.1, 0.15) is 25.3 Å². The van der Waals surface area contributed by atoms with Gasteiger partial charge in [-0.1, -0.05) is 29.8 Å². The average Bonchev–Trinajstić information content (AvgIpc) is 2.29. The minimum Gasteiger partial charge on any atom is -0.314 e. The zero-order valence-electron chi connectivity index (χ0n) is 9.88. The molecule has 0 saturated heterocycles. The first kappa shape index (κ1) is 13.3. The molecule has 0 aliphatic carbocycles. The predicted molar refractivity (Wildman–Crippen MR) is 72.1 cm³/mol. The van der Waals surface area contributed by atoms with Gasteiger partial charge in [0.15, 0.2) is 0 Å². The van der Waals surface area contributed by atoms with E-state index in [1.54, 1.807) is 0 Å². The molecule has 0 aromatic heterocycles. The Labute approximate surface area is 104 Å². The molecule has 0 radical (unpaired) electrons. The Morgan fingerprint density at radius 2 is 2.06 bits per heavy atom. The third kappa shape index (κ3) is 5.34. The van der Waals surface area contributed by atoms with Gasteiger partial charge in [-0.15, -0.1) is 6.58 Å². The van der Waals surface area contributed by atoms with Gasteiger partial charge >= 0.3 is 0 Å². The highest BCUT2D eigenvalue weighted by Crippen LogP contribution is 2.09. The molecule has 1 aromatic carbocycles. The van der Waals surface area contributed by atoms with Crippen molar-refractivity contribution in [2.75, 3.05) is 6.54 Å². The lowest BCUT2D eigenvalue weighted by molar-refractivity contribution is 0.521. The highest BCUT2D eigenvalue weighted by Gasteiger charge is 1.99. The Bertz CT molecular complexity index is 305. The van der Waals surface area contributed by atoms with E-state index >= 15 is 0 Å². The van der Waals surface area contributed by atoms with Crippen LogP contribution in [0.25, 0.3) is 0 Å². The van der Waals surface area contributed by atoms with Gasteiger partial charge < -0.3 is 5.32 Å². The van der Waals surface area contributed by atoms with Crippen LogP contribution in [0, 0.1) is 0 Å².